The van der Waals surface area contributed by atoms with Crippen LogP contribution in [0.1, 0.15) is 65.7 Å². The largest absolute Gasteiger partial charge is 0.479 e. The van der Waals surface area contributed by atoms with Crippen LogP contribution in [0, 0.1) is 5.92 Å². The van der Waals surface area contributed by atoms with E-state index in [1.165, 1.54) is 4.90 Å². The molecule has 3 rings (SSSR count). The zero-order chi connectivity index (χ0) is 28.1. The lowest BCUT2D eigenvalue weighted by Crippen LogP contribution is -2.61. The molecule has 38 heavy (non-hydrogen) atoms. The molecule has 3 fully saturated rings. The monoisotopic (exact) mass is 544 g/mol. The van der Waals surface area contributed by atoms with Gasteiger partial charge in [0, 0.05) is 6.04 Å². The van der Waals surface area contributed by atoms with Gasteiger partial charge in [0.2, 0.25) is 12.2 Å². The van der Waals surface area contributed by atoms with Crippen LogP contribution in [0.2, 0.25) is 0 Å². The Morgan fingerprint density at radius 3 is 2.37 bits per heavy atom. The fraction of sp³-hybridized carbons (Fsp3) is 0.840. The summed E-state index contributed by atoms with van der Waals surface area (Å²) >= 11 is 0. The van der Waals surface area contributed by atoms with Crippen molar-refractivity contribution in [1.29, 1.82) is 0 Å². The predicted octanol–water partition coefficient (Wildman–Crippen LogP) is -0.709. The number of esters is 2. The van der Waals surface area contributed by atoms with Crippen molar-refractivity contribution in [1.82, 2.24) is 10.2 Å². The Labute approximate surface area is 221 Å². The van der Waals surface area contributed by atoms with Gasteiger partial charge in [-0.2, -0.15) is 0 Å². The van der Waals surface area contributed by atoms with Gasteiger partial charge in [-0.1, -0.05) is 26.2 Å². The zero-order valence-corrected chi connectivity index (χ0v) is 22.0. The molecule has 1 amide bonds. The van der Waals surface area contributed by atoms with E-state index in [2.05, 4.69) is 5.32 Å². The Morgan fingerprint density at radius 1 is 1.05 bits per heavy atom. The molecule has 10 atom stereocenters. The molecule has 216 valence electrons. The number of hydrogen-bond acceptors (Lipinski definition) is 11. The van der Waals surface area contributed by atoms with Gasteiger partial charge in [-0.25, -0.2) is 9.59 Å². The van der Waals surface area contributed by atoms with Crippen LogP contribution in [-0.2, 0) is 33.4 Å². The molecule has 0 bridgehead atoms. The molecule has 1 aliphatic carbocycles. The van der Waals surface area contributed by atoms with Crippen LogP contribution in [-0.4, -0.2) is 111 Å². The van der Waals surface area contributed by atoms with Crippen LogP contribution in [0.4, 0.5) is 0 Å². The number of carbonyl (C=O) groups is 4. The molecule has 0 aromatic rings. The van der Waals surface area contributed by atoms with E-state index in [9.17, 15) is 39.6 Å². The molecule has 5 N–H and O–H groups in total. The van der Waals surface area contributed by atoms with Crippen LogP contribution >= 0.6 is 0 Å². The lowest BCUT2D eigenvalue weighted by molar-refractivity contribution is -0.287. The highest BCUT2D eigenvalue weighted by Crippen LogP contribution is 2.41. The zero-order valence-electron chi connectivity index (χ0n) is 22.0. The van der Waals surface area contributed by atoms with Gasteiger partial charge in [0.25, 0.3) is 0 Å². The first kappa shape index (κ1) is 30.2. The van der Waals surface area contributed by atoms with E-state index in [0.29, 0.717) is 25.7 Å². The number of aliphatic hydroxyl groups is 3. The third kappa shape index (κ3) is 6.45. The third-order valence-corrected chi connectivity index (χ3v) is 7.63. The lowest BCUT2D eigenvalue weighted by Gasteiger charge is -2.39. The van der Waals surface area contributed by atoms with Gasteiger partial charge < -0.3 is 39.5 Å². The summed E-state index contributed by atoms with van der Waals surface area (Å²) in [6, 6.07) is -2.77. The maximum absolute atomic E-state index is 13.7. The van der Waals surface area contributed by atoms with Gasteiger partial charge in [-0.05, 0) is 45.4 Å². The van der Waals surface area contributed by atoms with Crippen LogP contribution in [0.15, 0.2) is 0 Å². The Kier molecular flexibility index (Phi) is 10.5. The highest BCUT2D eigenvalue weighted by molar-refractivity contribution is 5.89. The maximum atomic E-state index is 13.7. The van der Waals surface area contributed by atoms with Crippen molar-refractivity contribution in [2.24, 2.45) is 5.92 Å². The number of aliphatic hydroxyl groups excluding tert-OH is 3. The minimum atomic E-state index is -1.92. The van der Waals surface area contributed by atoms with Crippen LogP contribution in [0.25, 0.3) is 0 Å². The van der Waals surface area contributed by atoms with Crippen molar-refractivity contribution < 1.29 is 53.8 Å². The van der Waals surface area contributed by atoms with E-state index >= 15 is 0 Å². The molecule has 0 aromatic carbocycles. The number of nitrogens with one attached hydrogen (secondary N) is 1. The second-order valence-electron chi connectivity index (χ2n) is 10.3. The number of carbonyl (C=O) groups excluding carboxylic acids is 3. The van der Waals surface area contributed by atoms with E-state index in [4.69, 9.17) is 14.2 Å². The van der Waals surface area contributed by atoms with Gasteiger partial charge in [0.15, 0.2) is 6.10 Å². The number of aliphatic carboxylic acids is 1. The van der Waals surface area contributed by atoms with Gasteiger partial charge in [-0.3, -0.25) is 14.9 Å². The third-order valence-electron chi connectivity index (χ3n) is 7.63. The van der Waals surface area contributed by atoms with Crippen molar-refractivity contribution in [3.8, 4) is 0 Å². The fourth-order valence-corrected chi connectivity index (χ4v) is 5.73. The number of rotatable bonds is 10. The Morgan fingerprint density at radius 2 is 1.74 bits per heavy atom. The van der Waals surface area contributed by atoms with Crippen LogP contribution < -0.4 is 5.32 Å². The van der Waals surface area contributed by atoms with Crippen molar-refractivity contribution in [2.45, 2.75) is 121 Å². The Hall–Kier alpha value is -2.32. The summed E-state index contributed by atoms with van der Waals surface area (Å²) in [5.41, 5.74) is 0. The molecule has 0 unspecified atom stereocenters. The van der Waals surface area contributed by atoms with E-state index in [-0.39, 0.29) is 18.6 Å². The number of ether oxygens (including phenoxy) is 3. The molecular weight excluding hydrogens is 504 g/mol. The normalized spacial score (nSPS) is 34.6. The molecule has 3 aliphatic rings. The van der Waals surface area contributed by atoms with Crippen molar-refractivity contribution in [2.75, 3.05) is 6.61 Å². The van der Waals surface area contributed by atoms with E-state index < -0.39 is 72.6 Å². The summed E-state index contributed by atoms with van der Waals surface area (Å²) in [6.07, 6.45) is -4.71. The first-order valence-corrected chi connectivity index (χ1v) is 13.4. The quantitative estimate of drug-likeness (QED) is 0.217. The SMILES string of the molecule is CCC[C@H](N[C@@H](C)C(=O)N1[C@H](C(=O)O[C@@H]2O[C@@H](C(=O)O)[C@H](O)[C@@H](O)[C@@H]2O)C[C@@H]2CCCC[C@@H]21)C(=O)OCC. The molecule has 0 radical (unpaired) electrons. The smallest absolute Gasteiger partial charge is 0.335 e. The minimum absolute atomic E-state index is 0.0466. The number of fused-ring (bicyclic) bond motifs is 1. The minimum Gasteiger partial charge on any atom is -0.479 e. The van der Waals surface area contributed by atoms with Gasteiger partial charge in [-0.15, -0.1) is 0 Å². The number of hydrogen-bond donors (Lipinski definition) is 5. The molecule has 2 saturated heterocycles. The molecule has 13 nitrogen and oxygen atoms in total. The summed E-state index contributed by atoms with van der Waals surface area (Å²) in [5, 5.41) is 42.5. The Bertz CT molecular complexity index is 870. The number of likely N-dealkylation sites (tertiary alicyclic amines) is 1. The lowest BCUT2D eigenvalue weighted by atomic mass is 9.84. The summed E-state index contributed by atoms with van der Waals surface area (Å²) in [5.74, 6) is -3.32. The molecule has 0 aromatic heterocycles. The second kappa shape index (κ2) is 13.2. The van der Waals surface area contributed by atoms with Crippen molar-refractivity contribution in [3.63, 3.8) is 0 Å². The number of nitrogens with zero attached hydrogens (tertiary/aromatic N) is 1. The van der Waals surface area contributed by atoms with Crippen molar-refractivity contribution in [3.05, 3.63) is 0 Å². The van der Waals surface area contributed by atoms with Crippen molar-refractivity contribution >= 4 is 23.8 Å². The predicted molar refractivity (Wildman–Crippen MR) is 129 cm³/mol. The van der Waals surface area contributed by atoms with Crippen LogP contribution in [0.3, 0.4) is 0 Å². The molecule has 0 spiro atoms. The summed E-state index contributed by atoms with van der Waals surface area (Å²) in [7, 11) is 0. The molecule has 1 saturated carbocycles. The number of carboxylic acids is 1. The standard InChI is InChI=1S/C25H40N2O11/c1-4-8-14(23(34)36-5-2)26-12(3)21(31)27-15-10-7-6-9-13(15)11-16(27)24(35)38-25-19(30)17(28)18(29)20(37-25)22(32)33/h12-20,25-26,28-30H,4-11H2,1-3H3,(H,32,33)/t12-,13-,14-,15-,16-,17+,18+,19-,20+,25-/m0/s1. The topological polar surface area (TPSA) is 192 Å². The maximum Gasteiger partial charge on any atom is 0.335 e. The second-order valence-corrected chi connectivity index (χ2v) is 10.3. The number of carboxylic acid groups (broad SMARTS) is 1. The molecule has 2 heterocycles. The van der Waals surface area contributed by atoms with E-state index in [1.54, 1.807) is 13.8 Å². The average molecular weight is 545 g/mol. The van der Waals surface area contributed by atoms with Gasteiger partial charge >= 0.3 is 17.9 Å². The first-order chi connectivity index (χ1) is 18.0. The molecular formula is C25H40N2O11. The van der Waals surface area contributed by atoms with Crippen LogP contribution in [0.5, 0.6) is 0 Å². The summed E-state index contributed by atoms with van der Waals surface area (Å²) in [4.78, 5) is 52.3. The number of amides is 1. The Balaban J connectivity index is 1.78. The van der Waals surface area contributed by atoms with E-state index in [1.807, 2.05) is 6.92 Å². The molecule has 2 aliphatic heterocycles. The van der Waals surface area contributed by atoms with E-state index in [0.717, 1.165) is 19.3 Å². The fourth-order valence-electron chi connectivity index (χ4n) is 5.73. The highest BCUT2D eigenvalue weighted by atomic mass is 16.7. The molecule has 13 heteroatoms. The van der Waals surface area contributed by atoms with Gasteiger partial charge in [0.05, 0.1) is 12.6 Å². The van der Waals surface area contributed by atoms with Gasteiger partial charge in [0.1, 0.15) is 30.4 Å². The summed E-state index contributed by atoms with van der Waals surface area (Å²) in [6.45, 7) is 5.43. The summed E-state index contributed by atoms with van der Waals surface area (Å²) < 4.78 is 15.5. The average Bonchev–Trinajstić information content (AvgIpc) is 3.27. The first-order valence-electron chi connectivity index (χ1n) is 13.4. The highest BCUT2D eigenvalue weighted by Gasteiger charge is 2.52.